The van der Waals surface area contributed by atoms with Crippen molar-refractivity contribution in [2.45, 2.75) is 20.3 Å². The molecule has 86 valence electrons. The summed E-state index contributed by atoms with van der Waals surface area (Å²) in [6.07, 6.45) is -2.82. The van der Waals surface area contributed by atoms with Gasteiger partial charge in [0.25, 0.3) is 12.1 Å². The maximum Gasteiger partial charge on any atom is 0.270 e. The molecule has 0 saturated carbocycles. The van der Waals surface area contributed by atoms with Crippen molar-refractivity contribution in [3.8, 4) is 0 Å². The first kappa shape index (κ1) is 12.2. The summed E-state index contributed by atoms with van der Waals surface area (Å²) in [5, 5.41) is 10.5. The second-order valence-electron chi connectivity index (χ2n) is 3.34. The summed E-state index contributed by atoms with van der Waals surface area (Å²) in [5.41, 5.74) is -1.03. The molecule has 0 unspecified atom stereocenters. The summed E-state index contributed by atoms with van der Waals surface area (Å²) in [6, 6.07) is 1.92. The van der Waals surface area contributed by atoms with E-state index in [9.17, 15) is 23.7 Å². The molecule has 0 fully saturated rings. The van der Waals surface area contributed by atoms with Crippen molar-refractivity contribution in [1.29, 1.82) is 0 Å². The predicted octanol–water partition coefficient (Wildman–Crippen LogP) is 3.04. The Balaban J connectivity index is 3.52. The smallest absolute Gasteiger partial charge is 0.270 e. The van der Waals surface area contributed by atoms with Crippen molar-refractivity contribution in [3.05, 3.63) is 38.9 Å². The van der Waals surface area contributed by atoms with Crippen molar-refractivity contribution in [1.82, 2.24) is 0 Å². The molecular weight excluding hydrogens is 220 g/mol. The Labute approximate surface area is 90.0 Å². The summed E-state index contributed by atoms with van der Waals surface area (Å²) < 4.78 is 25.3. The van der Waals surface area contributed by atoms with Gasteiger partial charge in [0.2, 0.25) is 0 Å². The summed E-state index contributed by atoms with van der Waals surface area (Å²) in [6.45, 7) is 2.42. The first-order valence-electron chi connectivity index (χ1n) is 4.42. The molecule has 0 heterocycles. The second-order valence-corrected chi connectivity index (χ2v) is 3.34. The Morgan fingerprint density at radius 2 is 2.00 bits per heavy atom. The molecular formula is C10H9F2NO3. The van der Waals surface area contributed by atoms with Crippen molar-refractivity contribution in [2.75, 3.05) is 0 Å². The number of hydrogen-bond acceptors (Lipinski definition) is 3. The Bertz CT molecular complexity index is 458. The fourth-order valence-corrected chi connectivity index (χ4v) is 1.47. The number of carbonyl (C=O) groups is 1. The van der Waals surface area contributed by atoms with E-state index >= 15 is 0 Å². The van der Waals surface area contributed by atoms with Gasteiger partial charge in [-0.2, -0.15) is 0 Å². The van der Waals surface area contributed by atoms with Gasteiger partial charge >= 0.3 is 0 Å². The van der Waals surface area contributed by atoms with Crippen LogP contribution >= 0.6 is 0 Å². The number of nitrogens with zero attached hydrogens (tertiary/aromatic N) is 1. The lowest BCUT2D eigenvalue weighted by atomic mass is 9.98. The van der Waals surface area contributed by atoms with Crippen LogP contribution in [0.25, 0.3) is 0 Å². The molecule has 0 atom stereocenters. The molecule has 0 aliphatic heterocycles. The van der Waals surface area contributed by atoms with Crippen LogP contribution in [0.1, 0.15) is 34.8 Å². The van der Waals surface area contributed by atoms with Crippen LogP contribution in [0.5, 0.6) is 0 Å². The average Bonchev–Trinajstić information content (AvgIpc) is 2.15. The van der Waals surface area contributed by atoms with E-state index in [4.69, 9.17) is 0 Å². The average molecular weight is 229 g/mol. The molecule has 0 N–H and O–H groups in total. The van der Waals surface area contributed by atoms with Gasteiger partial charge in [-0.1, -0.05) is 0 Å². The highest BCUT2D eigenvalue weighted by atomic mass is 19.3. The highest BCUT2D eigenvalue weighted by Crippen LogP contribution is 2.30. The minimum atomic E-state index is -2.82. The van der Waals surface area contributed by atoms with Gasteiger partial charge in [-0.25, -0.2) is 8.78 Å². The van der Waals surface area contributed by atoms with E-state index in [0.717, 1.165) is 19.1 Å². The molecule has 0 saturated heterocycles. The maximum atomic E-state index is 12.7. The fourth-order valence-electron chi connectivity index (χ4n) is 1.47. The third kappa shape index (κ3) is 2.21. The van der Waals surface area contributed by atoms with E-state index in [0.29, 0.717) is 0 Å². The van der Waals surface area contributed by atoms with Gasteiger partial charge in [-0.05, 0) is 19.4 Å². The third-order valence-corrected chi connectivity index (χ3v) is 2.18. The lowest BCUT2D eigenvalue weighted by Crippen LogP contribution is -2.04. The van der Waals surface area contributed by atoms with Gasteiger partial charge in [0, 0.05) is 23.3 Å². The van der Waals surface area contributed by atoms with Gasteiger partial charge in [-0.3, -0.25) is 14.9 Å². The Hall–Kier alpha value is -1.85. The molecule has 1 aromatic rings. The molecule has 0 aromatic heterocycles. The van der Waals surface area contributed by atoms with E-state index in [2.05, 4.69) is 0 Å². The van der Waals surface area contributed by atoms with Crippen molar-refractivity contribution < 1.29 is 18.5 Å². The van der Waals surface area contributed by atoms with Crippen LogP contribution in [0.2, 0.25) is 0 Å². The number of aryl methyl sites for hydroxylation is 1. The fraction of sp³-hybridized carbons (Fsp3) is 0.300. The zero-order chi connectivity index (χ0) is 12.5. The van der Waals surface area contributed by atoms with Crippen LogP contribution in [0.4, 0.5) is 14.5 Å². The van der Waals surface area contributed by atoms with Crippen LogP contribution in [-0.2, 0) is 0 Å². The number of hydrogen-bond donors (Lipinski definition) is 0. The van der Waals surface area contributed by atoms with Gasteiger partial charge in [0.1, 0.15) is 0 Å². The molecule has 0 amide bonds. The highest BCUT2D eigenvalue weighted by Gasteiger charge is 2.22. The first-order chi connectivity index (χ1) is 7.34. The molecule has 16 heavy (non-hydrogen) atoms. The summed E-state index contributed by atoms with van der Waals surface area (Å²) in [4.78, 5) is 20.9. The number of non-ortho nitro benzene ring substituents is 1. The summed E-state index contributed by atoms with van der Waals surface area (Å²) >= 11 is 0. The summed E-state index contributed by atoms with van der Waals surface area (Å²) in [5.74, 6) is -0.609. The maximum absolute atomic E-state index is 12.7. The topological polar surface area (TPSA) is 60.2 Å². The van der Waals surface area contributed by atoms with Crippen LogP contribution in [0, 0.1) is 17.0 Å². The Kier molecular flexibility index (Phi) is 3.31. The largest absolute Gasteiger partial charge is 0.294 e. The number of halogens is 2. The lowest BCUT2D eigenvalue weighted by molar-refractivity contribution is -0.384. The van der Waals surface area contributed by atoms with E-state index in [1.807, 2.05) is 0 Å². The molecule has 0 radical (unpaired) electrons. The summed E-state index contributed by atoms with van der Waals surface area (Å²) in [7, 11) is 0. The monoisotopic (exact) mass is 229 g/mol. The zero-order valence-electron chi connectivity index (χ0n) is 8.66. The molecule has 1 aromatic carbocycles. The van der Waals surface area contributed by atoms with Crippen LogP contribution in [0.15, 0.2) is 12.1 Å². The number of rotatable bonds is 3. The lowest BCUT2D eigenvalue weighted by Gasteiger charge is -2.09. The minimum Gasteiger partial charge on any atom is -0.294 e. The number of alkyl halides is 2. The molecule has 6 heteroatoms. The van der Waals surface area contributed by atoms with Crippen molar-refractivity contribution >= 4 is 11.5 Å². The van der Waals surface area contributed by atoms with Crippen LogP contribution in [0.3, 0.4) is 0 Å². The van der Waals surface area contributed by atoms with Crippen LogP contribution < -0.4 is 0 Å². The number of carbonyl (C=O) groups excluding carboxylic acids is 1. The van der Waals surface area contributed by atoms with E-state index in [1.54, 1.807) is 0 Å². The molecule has 0 bridgehead atoms. The number of nitro benzene ring substituents is 1. The van der Waals surface area contributed by atoms with Crippen molar-refractivity contribution in [3.63, 3.8) is 0 Å². The van der Waals surface area contributed by atoms with Gasteiger partial charge in [0.05, 0.1) is 4.92 Å². The van der Waals surface area contributed by atoms with E-state index in [-0.39, 0.29) is 16.8 Å². The highest BCUT2D eigenvalue weighted by molar-refractivity contribution is 5.96. The second kappa shape index (κ2) is 4.34. The molecule has 0 aliphatic carbocycles. The number of ketones is 1. The van der Waals surface area contributed by atoms with Gasteiger partial charge < -0.3 is 0 Å². The zero-order valence-corrected chi connectivity index (χ0v) is 8.66. The van der Waals surface area contributed by atoms with Crippen molar-refractivity contribution in [2.24, 2.45) is 0 Å². The predicted molar refractivity (Wildman–Crippen MR) is 52.8 cm³/mol. The Morgan fingerprint density at radius 3 is 2.38 bits per heavy atom. The van der Waals surface area contributed by atoms with Crippen LogP contribution in [-0.4, -0.2) is 10.7 Å². The molecule has 0 spiro atoms. The normalized spacial score (nSPS) is 10.6. The SMILES string of the molecule is CC(=O)c1cc([N+](=O)[O-])cc(C)c1C(F)F. The van der Waals surface area contributed by atoms with Gasteiger partial charge in [0.15, 0.2) is 5.78 Å². The first-order valence-corrected chi connectivity index (χ1v) is 4.42. The minimum absolute atomic E-state index is 0.0504. The number of nitro groups is 1. The molecule has 1 rings (SSSR count). The van der Waals surface area contributed by atoms with E-state index < -0.39 is 22.7 Å². The van der Waals surface area contributed by atoms with E-state index in [1.165, 1.54) is 6.92 Å². The molecule has 4 nitrogen and oxygen atoms in total. The Morgan fingerprint density at radius 1 is 1.44 bits per heavy atom. The molecule has 0 aliphatic rings. The standard InChI is InChI=1S/C10H9F2NO3/c1-5-3-7(13(15)16)4-8(6(2)14)9(5)10(11)12/h3-4,10H,1-2H3. The van der Waals surface area contributed by atoms with Gasteiger partial charge in [-0.15, -0.1) is 0 Å². The quantitative estimate of drug-likeness (QED) is 0.454. The third-order valence-electron chi connectivity index (χ3n) is 2.18. The number of Topliss-reactive ketones (excluding diaryl/α,β-unsaturated/α-hetero) is 1. The number of benzene rings is 1.